The number of benzene rings is 1. The molecule has 0 fully saturated rings. The molecule has 1 N–H and O–H groups in total. The lowest BCUT2D eigenvalue weighted by molar-refractivity contribution is 1.34. The number of aromatic nitrogens is 1. The van der Waals surface area contributed by atoms with Crippen LogP contribution in [-0.4, -0.2) is 4.98 Å². The van der Waals surface area contributed by atoms with E-state index in [2.05, 4.69) is 71.5 Å². The van der Waals surface area contributed by atoms with Gasteiger partial charge < -0.3 is 4.98 Å². The molecule has 0 atom stereocenters. The van der Waals surface area contributed by atoms with Gasteiger partial charge in [-0.15, -0.1) is 0 Å². The van der Waals surface area contributed by atoms with Crippen LogP contribution in [0, 0.1) is 0 Å². The zero-order chi connectivity index (χ0) is 10.3. The Morgan fingerprint density at radius 2 is 1.93 bits per heavy atom. The van der Waals surface area contributed by atoms with E-state index in [4.69, 9.17) is 0 Å². The van der Waals surface area contributed by atoms with Crippen LogP contribution >= 0.6 is 60.4 Å². The van der Waals surface area contributed by atoms with Crippen molar-refractivity contribution in [3.8, 4) is 0 Å². The van der Waals surface area contributed by atoms with Crippen LogP contribution in [-0.2, 0) is 5.75 Å². The molecule has 1 aromatic heterocycles. The number of rotatable bonds is 1. The van der Waals surface area contributed by atoms with Gasteiger partial charge in [-0.25, -0.2) is 0 Å². The molecule has 0 unspecified atom stereocenters. The number of H-pyrrole nitrogens is 1. The molecule has 2 rings (SSSR count). The summed E-state index contributed by atoms with van der Waals surface area (Å²) in [6.45, 7) is 0. The summed E-state index contributed by atoms with van der Waals surface area (Å²) in [5, 5.41) is 1.19. The Morgan fingerprint density at radius 3 is 2.57 bits per heavy atom. The highest BCUT2D eigenvalue weighted by molar-refractivity contribution is 9.11. The largest absolute Gasteiger partial charge is 0.349 e. The van der Waals surface area contributed by atoms with E-state index >= 15 is 0 Å². The molecule has 0 radical (unpaired) electrons. The Bertz CT molecular complexity index is 492. The Labute approximate surface area is 112 Å². The molecule has 0 aliphatic heterocycles. The number of hydrogen-bond donors (Lipinski definition) is 2. The first kappa shape index (κ1) is 11.0. The van der Waals surface area contributed by atoms with E-state index in [0.717, 1.165) is 19.1 Å². The fourth-order valence-electron chi connectivity index (χ4n) is 1.43. The van der Waals surface area contributed by atoms with Crippen LogP contribution in [0.5, 0.6) is 0 Å². The molecule has 1 aromatic carbocycles. The highest BCUT2D eigenvalue weighted by Gasteiger charge is 2.11. The third-order valence-electron chi connectivity index (χ3n) is 2.02. The number of nitrogens with one attached hydrogen (secondary N) is 1. The third-order valence-corrected chi connectivity index (χ3v) is 4.10. The lowest BCUT2D eigenvalue weighted by Gasteiger charge is -1.98. The Kier molecular flexibility index (Phi) is 3.31. The molecule has 5 heteroatoms. The van der Waals surface area contributed by atoms with Crippen molar-refractivity contribution in [3.63, 3.8) is 0 Å². The molecule has 0 saturated heterocycles. The molecular formula is C9H6Br3NS. The van der Waals surface area contributed by atoms with Gasteiger partial charge in [0.15, 0.2) is 0 Å². The van der Waals surface area contributed by atoms with Crippen LogP contribution in [0.3, 0.4) is 0 Å². The minimum absolute atomic E-state index is 0.709. The van der Waals surface area contributed by atoms with Crippen molar-refractivity contribution in [1.82, 2.24) is 4.98 Å². The third kappa shape index (κ3) is 1.79. The number of aromatic amines is 1. The predicted octanol–water partition coefficient (Wildman–Crippen LogP) is 4.89. The van der Waals surface area contributed by atoms with Crippen LogP contribution in [0.4, 0.5) is 0 Å². The number of fused-ring (bicyclic) bond motifs is 1. The van der Waals surface area contributed by atoms with E-state index in [1.54, 1.807) is 0 Å². The minimum Gasteiger partial charge on any atom is -0.349 e. The lowest BCUT2D eigenvalue weighted by Crippen LogP contribution is -1.77. The summed E-state index contributed by atoms with van der Waals surface area (Å²) in [4.78, 5) is 3.27. The Balaban J connectivity index is 2.88. The summed E-state index contributed by atoms with van der Waals surface area (Å²) in [7, 11) is 0. The van der Waals surface area contributed by atoms with Crippen molar-refractivity contribution in [2.75, 3.05) is 0 Å². The lowest BCUT2D eigenvalue weighted by atomic mass is 10.2. The predicted molar refractivity (Wildman–Crippen MR) is 74.1 cm³/mol. The maximum absolute atomic E-state index is 4.31. The van der Waals surface area contributed by atoms with E-state index in [9.17, 15) is 0 Å². The summed E-state index contributed by atoms with van der Waals surface area (Å²) in [5.74, 6) is 0.709. The monoisotopic (exact) mass is 397 g/mol. The van der Waals surface area contributed by atoms with Gasteiger partial charge in [0.1, 0.15) is 0 Å². The standard InChI is InChI=1S/C9H6Br3NS/c10-4-1-6(11)8-5(3-14)9(12)13-7(8)2-4/h1-2,13-14H,3H2. The molecule has 0 saturated carbocycles. The Hall–Kier alpha value is 0.550. The van der Waals surface area contributed by atoms with Gasteiger partial charge in [0.25, 0.3) is 0 Å². The fraction of sp³-hybridized carbons (Fsp3) is 0.111. The zero-order valence-electron chi connectivity index (χ0n) is 6.94. The molecule has 0 spiro atoms. The SMILES string of the molecule is SCc1c(Br)[nH]c2cc(Br)cc(Br)c12. The van der Waals surface area contributed by atoms with Crippen molar-refractivity contribution in [1.29, 1.82) is 0 Å². The van der Waals surface area contributed by atoms with Gasteiger partial charge in [-0.05, 0) is 28.1 Å². The van der Waals surface area contributed by atoms with Crippen molar-refractivity contribution in [2.24, 2.45) is 0 Å². The molecule has 0 bridgehead atoms. The van der Waals surface area contributed by atoms with Crippen LogP contribution in [0.25, 0.3) is 10.9 Å². The number of thiol groups is 1. The van der Waals surface area contributed by atoms with Crippen molar-refractivity contribution in [2.45, 2.75) is 5.75 Å². The molecule has 1 heterocycles. The second-order valence-corrected chi connectivity index (χ2v) is 5.77. The van der Waals surface area contributed by atoms with E-state index in [1.807, 2.05) is 6.07 Å². The van der Waals surface area contributed by atoms with Gasteiger partial charge in [0.2, 0.25) is 0 Å². The molecule has 14 heavy (non-hydrogen) atoms. The van der Waals surface area contributed by atoms with E-state index in [1.165, 1.54) is 10.9 Å². The minimum atomic E-state index is 0.709. The Morgan fingerprint density at radius 1 is 1.21 bits per heavy atom. The first-order valence-corrected chi connectivity index (χ1v) is 6.90. The fourth-order valence-corrected chi connectivity index (χ4v) is 3.98. The van der Waals surface area contributed by atoms with Crippen molar-refractivity contribution < 1.29 is 0 Å². The van der Waals surface area contributed by atoms with Gasteiger partial charge in [-0.1, -0.05) is 31.9 Å². The quantitative estimate of drug-likeness (QED) is 0.635. The van der Waals surface area contributed by atoms with Gasteiger partial charge >= 0.3 is 0 Å². The van der Waals surface area contributed by atoms with Gasteiger partial charge in [0.05, 0.1) is 4.60 Å². The van der Waals surface area contributed by atoms with Crippen LogP contribution in [0.1, 0.15) is 5.56 Å². The number of hydrogen-bond acceptors (Lipinski definition) is 1. The smallest absolute Gasteiger partial charge is 0.0872 e. The maximum atomic E-state index is 4.31. The summed E-state index contributed by atoms with van der Waals surface area (Å²) >= 11 is 14.8. The van der Waals surface area contributed by atoms with Crippen molar-refractivity contribution in [3.05, 3.63) is 31.2 Å². The maximum Gasteiger partial charge on any atom is 0.0872 e. The van der Waals surface area contributed by atoms with Crippen LogP contribution in [0.15, 0.2) is 25.7 Å². The summed E-state index contributed by atoms with van der Waals surface area (Å²) in [6.07, 6.45) is 0. The molecule has 0 amide bonds. The molecule has 2 aromatic rings. The molecular weight excluding hydrogens is 394 g/mol. The zero-order valence-corrected chi connectivity index (χ0v) is 12.6. The van der Waals surface area contributed by atoms with Gasteiger partial charge in [-0.2, -0.15) is 12.6 Å². The second kappa shape index (κ2) is 4.20. The van der Waals surface area contributed by atoms with Gasteiger partial charge in [-0.3, -0.25) is 0 Å². The number of halogens is 3. The second-order valence-electron chi connectivity index (χ2n) is 2.89. The summed E-state index contributed by atoms with van der Waals surface area (Å²) < 4.78 is 3.13. The van der Waals surface area contributed by atoms with Crippen molar-refractivity contribution >= 4 is 71.3 Å². The summed E-state index contributed by atoms with van der Waals surface area (Å²) in [6, 6.07) is 4.09. The van der Waals surface area contributed by atoms with E-state index in [-0.39, 0.29) is 0 Å². The summed E-state index contributed by atoms with van der Waals surface area (Å²) in [5.41, 5.74) is 2.28. The molecule has 0 aliphatic carbocycles. The average Bonchev–Trinajstić information content (AvgIpc) is 2.40. The first-order chi connectivity index (χ1) is 6.63. The highest BCUT2D eigenvalue weighted by Crippen LogP contribution is 2.35. The normalized spacial score (nSPS) is 11.1. The molecule has 1 nitrogen and oxygen atoms in total. The molecule has 0 aliphatic rings. The first-order valence-electron chi connectivity index (χ1n) is 3.89. The van der Waals surface area contributed by atoms with E-state index < -0.39 is 0 Å². The van der Waals surface area contributed by atoms with E-state index in [0.29, 0.717) is 5.75 Å². The highest BCUT2D eigenvalue weighted by atomic mass is 79.9. The van der Waals surface area contributed by atoms with Crippen LogP contribution in [0.2, 0.25) is 0 Å². The average molecular weight is 400 g/mol. The topological polar surface area (TPSA) is 15.8 Å². The van der Waals surface area contributed by atoms with Crippen LogP contribution < -0.4 is 0 Å². The van der Waals surface area contributed by atoms with Gasteiger partial charge in [0, 0.05) is 31.2 Å². The molecule has 74 valence electrons.